The van der Waals surface area contributed by atoms with Gasteiger partial charge in [0.2, 0.25) is 0 Å². The minimum Gasteiger partial charge on any atom is -0.507 e. The van der Waals surface area contributed by atoms with Crippen molar-refractivity contribution in [3.05, 3.63) is 65.5 Å². The minimum absolute atomic E-state index is 0.0671. The lowest BCUT2D eigenvalue weighted by Crippen LogP contribution is -2.16. The van der Waals surface area contributed by atoms with E-state index in [1.165, 1.54) is 31.4 Å². The molecule has 0 aliphatic carbocycles. The van der Waals surface area contributed by atoms with Crippen molar-refractivity contribution < 1.29 is 28.9 Å². The first-order valence-corrected chi connectivity index (χ1v) is 6.94. The van der Waals surface area contributed by atoms with Gasteiger partial charge in [0, 0.05) is 6.04 Å². The number of hydrogen-bond acceptors (Lipinski definition) is 5. The molecule has 4 N–H and O–H groups in total. The molecule has 0 heterocycles. The molecule has 0 spiro atoms. The van der Waals surface area contributed by atoms with Crippen LogP contribution in [0.3, 0.4) is 0 Å². The van der Waals surface area contributed by atoms with Gasteiger partial charge >= 0.3 is 11.9 Å². The number of methoxy groups -OCH3 is 1. The van der Waals surface area contributed by atoms with Gasteiger partial charge in [-0.2, -0.15) is 0 Å². The van der Waals surface area contributed by atoms with Crippen LogP contribution in [0.1, 0.15) is 28.4 Å². The zero-order valence-electron chi connectivity index (χ0n) is 13.0. The Labute approximate surface area is 138 Å². The molecule has 128 valence electrons. The summed E-state index contributed by atoms with van der Waals surface area (Å²) >= 11 is 0. The summed E-state index contributed by atoms with van der Waals surface area (Å²) in [5.74, 6) is -2.01. The molecule has 0 aromatic heterocycles. The molecule has 0 unspecified atom stereocenters. The van der Waals surface area contributed by atoms with Crippen molar-refractivity contribution in [1.29, 1.82) is 0 Å². The number of rotatable bonds is 4. The molecule has 2 aromatic rings. The second-order valence-electron chi connectivity index (χ2n) is 4.76. The van der Waals surface area contributed by atoms with Crippen LogP contribution < -0.4 is 5.73 Å². The van der Waals surface area contributed by atoms with Crippen LogP contribution in [0.2, 0.25) is 0 Å². The minimum atomic E-state index is -1.11. The molecule has 6 nitrogen and oxygen atoms in total. The summed E-state index contributed by atoms with van der Waals surface area (Å²) in [5.41, 5.74) is 6.35. The van der Waals surface area contributed by atoms with E-state index >= 15 is 0 Å². The lowest BCUT2D eigenvalue weighted by atomic mass is 10.1. The molecular formula is C17H18FNO5. The Balaban J connectivity index is 0.000000254. The number of carboxylic acid groups (broad SMARTS) is 1. The normalized spacial score (nSPS) is 11.0. The van der Waals surface area contributed by atoms with E-state index in [1.807, 2.05) is 0 Å². The molecule has 24 heavy (non-hydrogen) atoms. The molecule has 0 aliphatic rings. The molecule has 1 atom stereocenters. The first-order valence-electron chi connectivity index (χ1n) is 6.94. The third-order valence-electron chi connectivity index (χ3n) is 3.05. The molecule has 0 amide bonds. The summed E-state index contributed by atoms with van der Waals surface area (Å²) in [7, 11) is 1.31. The summed E-state index contributed by atoms with van der Waals surface area (Å²) in [6.07, 6.45) is 0.0993. The predicted molar refractivity (Wildman–Crippen MR) is 85.0 cm³/mol. The highest BCUT2D eigenvalue weighted by molar-refractivity contribution is 5.90. The number of ether oxygens (including phenoxy) is 1. The van der Waals surface area contributed by atoms with Crippen LogP contribution in [0.4, 0.5) is 4.39 Å². The highest BCUT2D eigenvalue weighted by atomic mass is 19.1. The molecule has 0 saturated carbocycles. The van der Waals surface area contributed by atoms with Crippen LogP contribution in [0.25, 0.3) is 0 Å². The number of esters is 1. The molecule has 7 heteroatoms. The van der Waals surface area contributed by atoms with Gasteiger partial charge in [-0.15, -0.1) is 0 Å². The largest absolute Gasteiger partial charge is 0.507 e. The number of carboxylic acids is 1. The number of nitrogens with two attached hydrogens (primary N) is 1. The number of carbonyl (C=O) groups is 2. The number of benzene rings is 2. The SMILES string of the molecule is COC(=O)C[C@H](N)c1ccc(F)cc1.O=C(O)c1ccccc1O. The van der Waals surface area contributed by atoms with E-state index in [0.717, 1.165) is 5.56 Å². The van der Waals surface area contributed by atoms with Crippen molar-refractivity contribution in [1.82, 2.24) is 0 Å². The fraction of sp³-hybridized carbons (Fsp3) is 0.176. The van der Waals surface area contributed by atoms with Gasteiger partial charge in [-0.3, -0.25) is 4.79 Å². The first-order chi connectivity index (χ1) is 11.3. The lowest BCUT2D eigenvalue weighted by molar-refractivity contribution is -0.141. The number of para-hydroxylation sites is 1. The molecular weight excluding hydrogens is 317 g/mol. The highest BCUT2D eigenvalue weighted by Crippen LogP contribution is 2.15. The second kappa shape index (κ2) is 9.26. The third-order valence-corrected chi connectivity index (χ3v) is 3.05. The van der Waals surface area contributed by atoms with E-state index in [4.69, 9.17) is 15.9 Å². The molecule has 0 aliphatic heterocycles. The molecule has 0 saturated heterocycles. The second-order valence-corrected chi connectivity index (χ2v) is 4.76. The summed E-state index contributed by atoms with van der Waals surface area (Å²) in [5, 5.41) is 17.3. The molecule has 2 aromatic carbocycles. The zero-order valence-corrected chi connectivity index (χ0v) is 13.0. The van der Waals surface area contributed by atoms with Gasteiger partial charge in [0.15, 0.2) is 0 Å². The Morgan fingerprint density at radius 2 is 1.75 bits per heavy atom. The maximum Gasteiger partial charge on any atom is 0.339 e. The maximum atomic E-state index is 12.5. The van der Waals surface area contributed by atoms with Crippen LogP contribution >= 0.6 is 0 Å². The topological polar surface area (TPSA) is 110 Å². The standard InChI is InChI=1S/C10H12FNO2.C7H6O3/c1-14-10(13)6-9(12)7-2-4-8(11)5-3-7;8-6-4-2-1-3-5(6)7(9)10/h2-5,9H,6,12H2,1H3;1-4,8H,(H,9,10)/t9-;/m0./s1. The predicted octanol–water partition coefficient (Wildman–Crippen LogP) is 2.48. The summed E-state index contributed by atoms with van der Waals surface area (Å²) in [6.45, 7) is 0. The van der Waals surface area contributed by atoms with Crippen molar-refractivity contribution in [2.45, 2.75) is 12.5 Å². The number of aromatic carboxylic acids is 1. The van der Waals surface area contributed by atoms with E-state index in [9.17, 15) is 14.0 Å². The van der Waals surface area contributed by atoms with Crippen LogP contribution in [0, 0.1) is 5.82 Å². The van der Waals surface area contributed by atoms with Gasteiger partial charge in [0.1, 0.15) is 17.1 Å². The van der Waals surface area contributed by atoms with Crippen LogP contribution in [0.15, 0.2) is 48.5 Å². The number of phenols is 1. The van der Waals surface area contributed by atoms with Gasteiger partial charge in [-0.1, -0.05) is 24.3 Å². The Kier molecular flexibility index (Phi) is 7.38. The molecule has 0 bridgehead atoms. The van der Waals surface area contributed by atoms with Gasteiger partial charge in [-0.25, -0.2) is 9.18 Å². The van der Waals surface area contributed by atoms with Crippen molar-refractivity contribution >= 4 is 11.9 Å². The Morgan fingerprint density at radius 1 is 1.17 bits per heavy atom. The molecule has 0 fully saturated rings. The average molecular weight is 335 g/mol. The van der Waals surface area contributed by atoms with Crippen molar-refractivity contribution in [2.24, 2.45) is 5.73 Å². The highest BCUT2D eigenvalue weighted by Gasteiger charge is 2.11. The Morgan fingerprint density at radius 3 is 2.21 bits per heavy atom. The Bertz CT molecular complexity index is 688. The number of hydrogen-bond donors (Lipinski definition) is 3. The maximum absolute atomic E-state index is 12.5. The third kappa shape index (κ3) is 6.05. The van der Waals surface area contributed by atoms with Crippen molar-refractivity contribution in [3.63, 3.8) is 0 Å². The monoisotopic (exact) mass is 335 g/mol. The van der Waals surface area contributed by atoms with Gasteiger partial charge < -0.3 is 20.7 Å². The first kappa shape index (κ1) is 19.1. The van der Waals surface area contributed by atoms with Crippen molar-refractivity contribution in [2.75, 3.05) is 7.11 Å². The number of aromatic hydroxyl groups is 1. The fourth-order valence-electron chi connectivity index (χ4n) is 1.75. The van der Waals surface area contributed by atoms with Gasteiger partial charge in [-0.05, 0) is 29.8 Å². The summed E-state index contributed by atoms with van der Waals surface area (Å²) in [4.78, 5) is 21.1. The quantitative estimate of drug-likeness (QED) is 0.741. The number of carbonyl (C=O) groups excluding carboxylic acids is 1. The van der Waals surface area contributed by atoms with Crippen LogP contribution in [-0.4, -0.2) is 29.3 Å². The average Bonchev–Trinajstić information content (AvgIpc) is 2.56. The smallest absolute Gasteiger partial charge is 0.339 e. The zero-order chi connectivity index (χ0) is 18.1. The van der Waals surface area contributed by atoms with Crippen LogP contribution in [0.5, 0.6) is 5.75 Å². The van der Waals surface area contributed by atoms with E-state index < -0.39 is 12.0 Å². The Hall–Kier alpha value is -2.93. The van der Waals surface area contributed by atoms with E-state index in [2.05, 4.69) is 4.74 Å². The van der Waals surface area contributed by atoms with Gasteiger partial charge in [0.05, 0.1) is 13.5 Å². The lowest BCUT2D eigenvalue weighted by Gasteiger charge is -2.09. The summed E-state index contributed by atoms with van der Waals surface area (Å²) in [6, 6.07) is 11.1. The van der Waals surface area contributed by atoms with Crippen molar-refractivity contribution in [3.8, 4) is 5.75 Å². The molecule has 2 rings (SSSR count). The number of halogens is 1. The van der Waals surface area contributed by atoms with E-state index in [1.54, 1.807) is 24.3 Å². The molecule has 0 radical (unpaired) electrons. The van der Waals surface area contributed by atoms with E-state index in [0.29, 0.717) is 0 Å². The fourth-order valence-corrected chi connectivity index (χ4v) is 1.75. The van der Waals surface area contributed by atoms with E-state index in [-0.39, 0.29) is 29.5 Å². The summed E-state index contributed by atoms with van der Waals surface area (Å²) < 4.78 is 17.0. The van der Waals surface area contributed by atoms with Crippen LogP contribution in [-0.2, 0) is 9.53 Å². The van der Waals surface area contributed by atoms with Gasteiger partial charge in [0.25, 0.3) is 0 Å².